The molecule has 2 bridgehead atoms. The summed E-state index contributed by atoms with van der Waals surface area (Å²) in [5, 5.41) is 3.24. The van der Waals surface area contributed by atoms with Crippen LogP contribution in [-0.2, 0) is 0 Å². The molecule has 2 N–H and O–H groups in total. The second kappa shape index (κ2) is 8.10. The number of allylic oxidation sites excluding steroid dienone is 1. The van der Waals surface area contributed by atoms with Crippen molar-refractivity contribution in [3.8, 4) is 0 Å². The van der Waals surface area contributed by atoms with E-state index in [0.29, 0.717) is 22.8 Å². The van der Waals surface area contributed by atoms with E-state index in [-0.39, 0.29) is 17.5 Å². The maximum Gasteiger partial charge on any atom is 0.251 e. The average molecular weight is 398 g/mol. The summed E-state index contributed by atoms with van der Waals surface area (Å²) in [7, 11) is 0. The molecular weight excluding hydrogens is 362 g/mol. The van der Waals surface area contributed by atoms with Crippen LogP contribution < -0.4 is 10.9 Å². The van der Waals surface area contributed by atoms with E-state index in [1.165, 1.54) is 50.8 Å². The summed E-state index contributed by atoms with van der Waals surface area (Å²) in [6.45, 7) is 10.4. The number of H-pyrrole nitrogens is 1. The van der Waals surface area contributed by atoms with Crippen LogP contribution >= 0.6 is 0 Å². The lowest BCUT2D eigenvalue weighted by Crippen LogP contribution is -2.52. The van der Waals surface area contributed by atoms with Gasteiger partial charge in [0.2, 0.25) is 5.56 Å². The van der Waals surface area contributed by atoms with Crippen molar-refractivity contribution in [2.75, 3.05) is 19.6 Å². The van der Waals surface area contributed by atoms with E-state index in [1.54, 1.807) is 17.2 Å². The zero-order valence-electron chi connectivity index (χ0n) is 18.1. The molecule has 0 radical (unpaired) electrons. The third-order valence-electron chi connectivity index (χ3n) is 7.61. The molecule has 1 aromatic heterocycles. The monoisotopic (exact) mass is 397 g/mol. The molecule has 0 aromatic carbocycles. The number of likely N-dealkylation sites (tertiary alicyclic amines) is 1. The Morgan fingerprint density at radius 2 is 2.00 bits per heavy atom. The first-order valence-electron chi connectivity index (χ1n) is 11.2. The van der Waals surface area contributed by atoms with E-state index in [1.807, 2.05) is 0 Å². The quantitative estimate of drug-likeness (QED) is 0.744. The van der Waals surface area contributed by atoms with Gasteiger partial charge in [-0.2, -0.15) is 0 Å². The third kappa shape index (κ3) is 4.35. The van der Waals surface area contributed by atoms with Crippen LogP contribution in [0, 0.1) is 17.3 Å². The minimum atomic E-state index is -0.231. The molecule has 2 heterocycles. The first-order chi connectivity index (χ1) is 13.8. The molecule has 1 aromatic rings. The number of hydrogen-bond acceptors (Lipinski definition) is 3. The van der Waals surface area contributed by atoms with E-state index >= 15 is 0 Å². The van der Waals surface area contributed by atoms with Crippen LogP contribution in [0.25, 0.3) is 0 Å². The Balaban J connectivity index is 1.36. The van der Waals surface area contributed by atoms with Crippen molar-refractivity contribution in [1.29, 1.82) is 0 Å². The summed E-state index contributed by atoms with van der Waals surface area (Å²) < 4.78 is 0. The van der Waals surface area contributed by atoms with E-state index in [4.69, 9.17) is 0 Å². The van der Waals surface area contributed by atoms with Crippen LogP contribution in [0.2, 0.25) is 0 Å². The third-order valence-corrected chi connectivity index (χ3v) is 7.61. The molecular formula is C24H35N3O2. The summed E-state index contributed by atoms with van der Waals surface area (Å²) >= 11 is 0. The minimum absolute atomic E-state index is 0.115. The summed E-state index contributed by atoms with van der Waals surface area (Å²) in [4.78, 5) is 29.3. The summed E-state index contributed by atoms with van der Waals surface area (Å²) in [6, 6.07) is 3.30. The minimum Gasteiger partial charge on any atom is -0.349 e. The van der Waals surface area contributed by atoms with Crippen molar-refractivity contribution in [2.45, 2.75) is 65.3 Å². The molecule has 5 nitrogen and oxygen atoms in total. The Morgan fingerprint density at radius 1 is 1.28 bits per heavy atom. The molecule has 1 unspecified atom stereocenters. The van der Waals surface area contributed by atoms with Gasteiger partial charge in [-0.05, 0) is 68.8 Å². The molecule has 4 rings (SSSR count). The molecule has 29 heavy (non-hydrogen) atoms. The van der Waals surface area contributed by atoms with Crippen LogP contribution in [0.3, 0.4) is 0 Å². The van der Waals surface area contributed by atoms with Gasteiger partial charge in [-0.3, -0.25) is 9.59 Å². The van der Waals surface area contributed by atoms with E-state index in [9.17, 15) is 9.59 Å². The predicted octanol–water partition coefficient (Wildman–Crippen LogP) is 3.73. The number of hydrogen-bond donors (Lipinski definition) is 2. The van der Waals surface area contributed by atoms with Crippen molar-refractivity contribution in [2.24, 2.45) is 17.3 Å². The fourth-order valence-electron chi connectivity index (χ4n) is 6.06. The Morgan fingerprint density at radius 3 is 2.66 bits per heavy atom. The molecule has 1 amide bonds. The molecule has 1 saturated heterocycles. The smallest absolute Gasteiger partial charge is 0.251 e. The molecule has 2 aliphatic carbocycles. The largest absolute Gasteiger partial charge is 0.349 e. The number of amides is 1. The number of aromatic nitrogens is 1. The Labute approximate surface area is 174 Å². The number of carbonyl (C=O) groups excluding carboxylic acids is 1. The van der Waals surface area contributed by atoms with Crippen molar-refractivity contribution < 1.29 is 4.79 Å². The second-order valence-electron chi connectivity index (χ2n) is 10.0. The zero-order chi connectivity index (χ0) is 20.6. The molecule has 3 atom stereocenters. The van der Waals surface area contributed by atoms with Gasteiger partial charge in [-0.15, -0.1) is 0 Å². The fraction of sp³-hybridized carbons (Fsp3) is 0.667. The van der Waals surface area contributed by atoms with Crippen LogP contribution in [0.4, 0.5) is 0 Å². The van der Waals surface area contributed by atoms with Crippen LogP contribution in [-0.4, -0.2) is 41.5 Å². The molecule has 158 valence electrons. The maximum atomic E-state index is 12.6. The standard InChI is InChI=1S/C24H35N3O2/c1-16-5-4-10-24(2,3)20(16)9-12-27-14-18-6-7-19(15-27)22(18)26-23(29)17-8-11-25-21(28)13-17/h8,11,13,18-19,22H,4-7,9-10,12,14-15H2,1-3H3,(H,25,28)(H,26,29)/t18-,19+,22?. The van der Waals surface area contributed by atoms with Gasteiger partial charge in [-0.1, -0.05) is 25.0 Å². The highest BCUT2D eigenvalue weighted by molar-refractivity contribution is 5.94. The van der Waals surface area contributed by atoms with Crippen LogP contribution in [0.5, 0.6) is 0 Å². The van der Waals surface area contributed by atoms with Gasteiger partial charge in [0.25, 0.3) is 5.91 Å². The normalized spacial score (nSPS) is 29.1. The first-order valence-corrected chi connectivity index (χ1v) is 11.2. The number of carbonyl (C=O) groups is 1. The van der Waals surface area contributed by atoms with E-state index < -0.39 is 0 Å². The highest BCUT2D eigenvalue weighted by atomic mass is 16.2. The first kappa shape index (κ1) is 20.4. The lowest BCUT2D eigenvalue weighted by atomic mass is 9.71. The number of aromatic amines is 1. The van der Waals surface area contributed by atoms with Gasteiger partial charge in [0, 0.05) is 43.5 Å². The molecule has 3 aliphatic rings. The Bertz CT molecular complexity index is 840. The topological polar surface area (TPSA) is 65.2 Å². The van der Waals surface area contributed by atoms with Crippen molar-refractivity contribution >= 4 is 5.91 Å². The Kier molecular flexibility index (Phi) is 5.69. The highest BCUT2D eigenvalue weighted by Crippen LogP contribution is 2.42. The number of rotatable bonds is 5. The van der Waals surface area contributed by atoms with Gasteiger partial charge < -0.3 is 15.2 Å². The lowest BCUT2D eigenvalue weighted by molar-refractivity contribution is 0.0834. The maximum absolute atomic E-state index is 12.6. The van der Waals surface area contributed by atoms with Crippen molar-refractivity contribution in [3.05, 3.63) is 45.4 Å². The fourth-order valence-corrected chi connectivity index (χ4v) is 6.06. The molecule has 1 aliphatic heterocycles. The molecule has 5 heteroatoms. The second-order valence-corrected chi connectivity index (χ2v) is 10.0. The average Bonchev–Trinajstić information content (AvgIpc) is 2.89. The van der Waals surface area contributed by atoms with Gasteiger partial charge in [0.05, 0.1) is 0 Å². The van der Waals surface area contributed by atoms with Crippen LogP contribution in [0.1, 0.15) is 69.7 Å². The van der Waals surface area contributed by atoms with E-state index in [0.717, 1.165) is 19.6 Å². The van der Waals surface area contributed by atoms with E-state index in [2.05, 4.69) is 36.0 Å². The number of nitrogens with zero attached hydrogens (tertiary/aromatic N) is 1. The molecule has 2 fully saturated rings. The lowest BCUT2D eigenvalue weighted by Gasteiger charge is -2.40. The highest BCUT2D eigenvalue weighted by Gasteiger charge is 2.42. The number of fused-ring (bicyclic) bond motifs is 2. The summed E-state index contributed by atoms with van der Waals surface area (Å²) in [5.41, 5.74) is 3.87. The van der Waals surface area contributed by atoms with Crippen LogP contribution in [0.15, 0.2) is 34.3 Å². The van der Waals surface area contributed by atoms with Gasteiger partial charge in [0.15, 0.2) is 0 Å². The zero-order valence-corrected chi connectivity index (χ0v) is 18.1. The Hall–Kier alpha value is -1.88. The molecule has 0 spiro atoms. The SMILES string of the molecule is CC1=C(CCN2C[C@H]3CC[C@@H](C2)C3NC(=O)c2cc[nH]c(=O)c2)C(C)(C)CCC1. The van der Waals surface area contributed by atoms with Crippen molar-refractivity contribution in [1.82, 2.24) is 15.2 Å². The van der Waals surface area contributed by atoms with Gasteiger partial charge in [-0.25, -0.2) is 0 Å². The predicted molar refractivity (Wildman–Crippen MR) is 116 cm³/mol. The van der Waals surface area contributed by atoms with Gasteiger partial charge >= 0.3 is 0 Å². The summed E-state index contributed by atoms with van der Waals surface area (Å²) in [6.07, 6.45) is 9.00. The number of nitrogens with one attached hydrogen (secondary N) is 2. The van der Waals surface area contributed by atoms with Gasteiger partial charge in [0.1, 0.15) is 0 Å². The van der Waals surface area contributed by atoms with Crippen molar-refractivity contribution in [3.63, 3.8) is 0 Å². The number of piperidine rings is 1. The molecule has 1 saturated carbocycles. The number of pyridine rings is 1. The summed E-state index contributed by atoms with van der Waals surface area (Å²) in [5.74, 6) is 0.930.